The van der Waals surface area contributed by atoms with Crippen molar-refractivity contribution in [3.8, 4) is 0 Å². The van der Waals surface area contributed by atoms with E-state index < -0.39 is 34.4 Å². The number of rotatable bonds is 7. The molecule has 1 N–H and O–H groups in total. The number of imide groups is 1. The molecular weight excluding hydrogens is 432 g/mol. The lowest BCUT2D eigenvalue weighted by atomic mass is 10.2. The van der Waals surface area contributed by atoms with Crippen molar-refractivity contribution in [2.75, 3.05) is 18.0 Å². The predicted molar refractivity (Wildman–Crippen MR) is 118 cm³/mol. The summed E-state index contributed by atoms with van der Waals surface area (Å²) < 4.78 is 32.2. The molecule has 9 heteroatoms. The van der Waals surface area contributed by atoms with Crippen LogP contribution in [0.2, 0.25) is 0 Å². The fourth-order valence-electron chi connectivity index (χ4n) is 2.82. The van der Waals surface area contributed by atoms with Gasteiger partial charge in [-0.15, -0.1) is 0 Å². The number of nitrogens with zero attached hydrogens (tertiary/aromatic N) is 1. The van der Waals surface area contributed by atoms with Gasteiger partial charge in [0, 0.05) is 12.6 Å². The Labute approximate surface area is 185 Å². The Morgan fingerprint density at radius 2 is 1.41 bits per heavy atom. The number of benzene rings is 3. The van der Waals surface area contributed by atoms with E-state index in [1.807, 2.05) is 0 Å². The van der Waals surface area contributed by atoms with Crippen molar-refractivity contribution in [1.82, 2.24) is 5.32 Å². The topological polar surface area (TPSA) is 110 Å². The van der Waals surface area contributed by atoms with Crippen LogP contribution in [0, 0.1) is 0 Å². The predicted octanol–water partition coefficient (Wildman–Crippen LogP) is 2.63. The van der Waals surface area contributed by atoms with Gasteiger partial charge in [0.1, 0.15) is 4.90 Å². The van der Waals surface area contributed by atoms with Crippen LogP contribution in [0.4, 0.5) is 5.69 Å². The molecule has 0 unspecified atom stereocenters. The van der Waals surface area contributed by atoms with Crippen LogP contribution < -0.4 is 9.62 Å². The maximum atomic E-state index is 13.1. The van der Waals surface area contributed by atoms with Gasteiger partial charge in [-0.2, -0.15) is 0 Å². The third-order valence-corrected chi connectivity index (χ3v) is 6.33. The summed E-state index contributed by atoms with van der Waals surface area (Å²) in [4.78, 5) is 36.3. The zero-order valence-electron chi connectivity index (χ0n) is 17.1. The van der Waals surface area contributed by atoms with Gasteiger partial charge >= 0.3 is 5.97 Å². The molecule has 3 aromatic rings. The molecule has 0 bridgehead atoms. The lowest BCUT2D eigenvalue weighted by molar-refractivity contribution is -0.123. The summed E-state index contributed by atoms with van der Waals surface area (Å²) in [5, 5.41) is 2.11. The lowest BCUT2D eigenvalue weighted by Gasteiger charge is -2.20. The molecule has 0 saturated carbocycles. The van der Waals surface area contributed by atoms with Gasteiger partial charge in [0.25, 0.3) is 21.8 Å². The molecule has 0 aliphatic rings. The van der Waals surface area contributed by atoms with E-state index >= 15 is 0 Å². The second-order valence-electron chi connectivity index (χ2n) is 6.62. The Morgan fingerprint density at radius 1 is 0.844 bits per heavy atom. The SMILES string of the molecule is CN(c1ccccc1)S(=O)(=O)c1ccccc1C(=O)OCC(=O)NC(=O)c1ccccc1. The molecule has 0 heterocycles. The number of carbonyl (C=O) groups is 3. The maximum absolute atomic E-state index is 13.1. The van der Waals surface area contributed by atoms with Gasteiger partial charge in [-0.3, -0.25) is 19.2 Å². The number of nitrogens with one attached hydrogen (secondary N) is 1. The first-order valence-electron chi connectivity index (χ1n) is 9.50. The summed E-state index contributed by atoms with van der Waals surface area (Å²) in [6.45, 7) is -0.750. The van der Waals surface area contributed by atoms with Gasteiger partial charge in [0.15, 0.2) is 6.61 Å². The van der Waals surface area contributed by atoms with Crippen LogP contribution in [-0.2, 0) is 19.6 Å². The van der Waals surface area contributed by atoms with E-state index in [-0.39, 0.29) is 16.0 Å². The molecule has 0 aliphatic carbocycles. The molecule has 0 saturated heterocycles. The highest BCUT2D eigenvalue weighted by Gasteiger charge is 2.27. The highest BCUT2D eigenvalue weighted by Crippen LogP contribution is 2.24. The number of hydrogen-bond donors (Lipinski definition) is 1. The summed E-state index contributed by atoms with van der Waals surface area (Å²) in [6, 6.07) is 22.0. The normalized spacial score (nSPS) is 10.8. The zero-order chi connectivity index (χ0) is 23.1. The number of ether oxygens (including phenoxy) is 1. The van der Waals surface area contributed by atoms with Gasteiger partial charge in [0.05, 0.1) is 11.3 Å². The number of hydrogen-bond acceptors (Lipinski definition) is 6. The molecule has 0 radical (unpaired) electrons. The Balaban J connectivity index is 1.72. The van der Waals surface area contributed by atoms with Gasteiger partial charge < -0.3 is 4.74 Å². The highest BCUT2D eigenvalue weighted by molar-refractivity contribution is 7.92. The maximum Gasteiger partial charge on any atom is 0.340 e. The van der Waals surface area contributed by atoms with E-state index in [0.717, 1.165) is 4.31 Å². The molecule has 164 valence electrons. The molecule has 0 fully saturated rings. The number of esters is 1. The van der Waals surface area contributed by atoms with E-state index in [1.54, 1.807) is 48.5 Å². The van der Waals surface area contributed by atoms with Crippen LogP contribution in [0.3, 0.4) is 0 Å². The summed E-state index contributed by atoms with van der Waals surface area (Å²) in [7, 11) is -2.71. The number of anilines is 1. The van der Waals surface area contributed by atoms with E-state index in [0.29, 0.717) is 5.69 Å². The average Bonchev–Trinajstić information content (AvgIpc) is 2.83. The minimum absolute atomic E-state index is 0.225. The molecule has 32 heavy (non-hydrogen) atoms. The summed E-state index contributed by atoms with van der Waals surface area (Å²) in [6.07, 6.45) is 0. The fourth-order valence-corrected chi connectivity index (χ4v) is 4.19. The number of para-hydroxylation sites is 1. The van der Waals surface area contributed by atoms with Crippen molar-refractivity contribution >= 4 is 33.5 Å². The first-order valence-corrected chi connectivity index (χ1v) is 10.9. The van der Waals surface area contributed by atoms with E-state index in [9.17, 15) is 22.8 Å². The quantitative estimate of drug-likeness (QED) is 0.552. The molecule has 0 atom stereocenters. The molecular formula is C23H20N2O6S. The molecule has 3 aromatic carbocycles. The van der Waals surface area contributed by atoms with Crippen molar-refractivity contribution in [3.63, 3.8) is 0 Å². The first-order chi connectivity index (χ1) is 15.3. The monoisotopic (exact) mass is 452 g/mol. The molecule has 0 aliphatic heterocycles. The average molecular weight is 452 g/mol. The van der Waals surface area contributed by atoms with Crippen LogP contribution >= 0.6 is 0 Å². The van der Waals surface area contributed by atoms with Gasteiger partial charge in [0.2, 0.25) is 0 Å². The largest absolute Gasteiger partial charge is 0.452 e. The van der Waals surface area contributed by atoms with Crippen LogP contribution in [0.15, 0.2) is 89.8 Å². The fraction of sp³-hybridized carbons (Fsp3) is 0.0870. The van der Waals surface area contributed by atoms with E-state index in [4.69, 9.17) is 4.74 Å². The van der Waals surface area contributed by atoms with E-state index in [2.05, 4.69) is 5.32 Å². The number of amides is 2. The smallest absolute Gasteiger partial charge is 0.340 e. The molecule has 2 amide bonds. The third-order valence-electron chi connectivity index (χ3n) is 4.49. The second kappa shape index (κ2) is 9.88. The molecule has 0 aromatic heterocycles. The Bertz CT molecular complexity index is 1230. The van der Waals surface area contributed by atoms with Crippen molar-refractivity contribution in [1.29, 1.82) is 0 Å². The first kappa shape index (κ1) is 22.7. The van der Waals surface area contributed by atoms with Crippen LogP contribution in [0.5, 0.6) is 0 Å². The minimum atomic E-state index is -4.08. The summed E-state index contributed by atoms with van der Waals surface area (Å²) in [5.74, 6) is -2.49. The van der Waals surface area contributed by atoms with Crippen molar-refractivity contribution < 1.29 is 27.5 Å². The van der Waals surface area contributed by atoms with Crippen LogP contribution in [-0.4, -0.2) is 39.9 Å². The van der Waals surface area contributed by atoms with Crippen LogP contribution in [0.25, 0.3) is 0 Å². The molecule has 3 rings (SSSR count). The van der Waals surface area contributed by atoms with E-state index in [1.165, 1.54) is 43.4 Å². The Hall–Kier alpha value is -3.98. The lowest BCUT2D eigenvalue weighted by Crippen LogP contribution is -2.34. The standard InChI is InChI=1S/C23H20N2O6S/c1-25(18-12-6-3-7-13-18)32(29,30)20-15-9-8-14-19(20)23(28)31-16-21(26)24-22(27)17-10-4-2-5-11-17/h2-15H,16H2,1H3,(H,24,26,27). The van der Waals surface area contributed by atoms with Crippen LogP contribution in [0.1, 0.15) is 20.7 Å². The van der Waals surface area contributed by atoms with Crippen molar-refractivity contribution in [3.05, 3.63) is 96.1 Å². The van der Waals surface area contributed by atoms with Crippen molar-refractivity contribution in [2.45, 2.75) is 4.90 Å². The number of sulfonamides is 1. The molecule has 0 spiro atoms. The van der Waals surface area contributed by atoms with Gasteiger partial charge in [-0.05, 0) is 36.4 Å². The van der Waals surface area contributed by atoms with Gasteiger partial charge in [-0.25, -0.2) is 13.2 Å². The third kappa shape index (κ3) is 5.19. The van der Waals surface area contributed by atoms with Crippen molar-refractivity contribution in [2.24, 2.45) is 0 Å². The Kier molecular flexibility index (Phi) is 7.01. The summed E-state index contributed by atoms with van der Waals surface area (Å²) >= 11 is 0. The minimum Gasteiger partial charge on any atom is -0.452 e. The zero-order valence-corrected chi connectivity index (χ0v) is 17.9. The Morgan fingerprint density at radius 3 is 2.06 bits per heavy atom. The molecule has 8 nitrogen and oxygen atoms in total. The van der Waals surface area contributed by atoms with Gasteiger partial charge in [-0.1, -0.05) is 48.5 Å². The summed E-state index contributed by atoms with van der Waals surface area (Å²) in [5.41, 5.74) is 0.458. The number of carbonyl (C=O) groups excluding carboxylic acids is 3. The second-order valence-corrected chi connectivity index (χ2v) is 8.56. The highest BCUT2D eigenvalue weighted by atomic mass is 32.2.